The number of guanidine groups is 1. The van der Waals surface area contributed by atoms with Crippen molar-refractivity contribution in [1.29, 1.82) is 0 Å². The molecule has 23 heavy (non-hydrogen) atoms. The number of aliphatic imine (C=N–C) groups is 1. The first-order valence-corrected chi connectivity index (χ1v) is 7.89. The largest absolute Gasteiger partial charge is 0.490 e. The number of aromatic nitrogens is 1. The number of nitrogens with one attached hydrogen (secondary N) is 1. The Morgan fingerprint density at radius 3 is 2.74 bits per heavy atom. The third-order valence-electron chi connectivity index (χ3n) is 3.50. The number of hydrogen-bond donors (Lipinski definition) is 1. The molecule has 0 atom stereocenters. The molecular weight excluding hydrogens is 312 g/mol. The van der Waals surface area contributed by atoms with Crippen molar-refractivity contribution >= 4 is 17.6 Å². The summed E-state index contributed by atoms with van der Waals surface area (Å²) in [5.41, 5.74) is 1.22. The Morgan fingerprint density at radius 1 is 1.30 bits per heavy atom. The van der Waals surface area contributed by atoms with Gasteiger partial charge in [0.05, 0.1) is 18.1 Å². The van der Waals surface area contributed by atoms with Crippen LogP contribution in [-0.2, 0) is 13.6 Å². The number of benzene rings is 1. The van der Waals surface area contributed by atoms with Crippen LogP contribution in [0.3, 0.4) is 0 Å². The highest BCUT2D eigenvalue weighted by atomic mass is 35.5. The number of para-hydroxylation sites is 1. The zero-order valence-electron chi connectivity index (χ0n) is 13.8. The van der Waals surface area contributed by atoms with Crippen molar-refractivity contribution < 1.29 is 4.74 Å². The van der Waals surface area contributed by atoms with Gasteiger partial charge in [-0.25, -0.2) is 0 Å². The van der Waals surface area contributed by atoms with E-state index in [9.17, 15) is 0 Å². The van der Waals surface area contributed by atoms with Gasteiger partial charge in [-0.1, -0.05) is 23.7 Å². The molecule has 1 aromatic heterocycles. The van der Waals surface area contributed by atoms with Crippen molar-refractivity contribution in [1.82, 2.24) is 14.8 Å². The first kappa shape index (κ1) is 17.2. The Kier molecular flexibility index (Phi) is 6.35. The smallest absolute Gasteiger partial charge is 0.193 e. The summed E-state index contributed by atoms with van der Waals surface area (Å²) in [6.07, 6.45) is 2.04. The molecule has 0 bridgehead atoms. The Balaban J connectivity index is 1.79. The molecule has 0 fully saturated rings. The van der Waals surface area contributed by atoms with Crippen LogP contribution >= 0.6 is 11.6 Å². The van der Waals surface area contributed by atoms with Gasteiger partial charge in [0.2, 0.25) is 0 Å². The SMILES string of the molecule is CN=C(NCCOc1ccccc1Cl)N(C)Cc1cccn1C. The summed E-state index contributed by atoms with van der Waals surface area (Å²) >= 11 is 6.06. The van der Waals surface area contributed by atoms with Crippen LogP contribution in [0.1, 0.15) is 5.69 Å². The third kappa shape index (κ3) is 4.93. The van der Waals surface area contributed by atoms with Gasteiger partial charge in [-0.3, -0.25) is 4.99 Å². The van der Waals surface area contributed by atoms with Crippen molar-refractivity contribution in [3.63, 3.8) is 0 Å². The van der Waals surface area contributed by atoms with Crippen molar-refractivity contribution in [2.24, 2.45) is 12.0 Å². The molecule has 0 saturated heterocycles. The second-order valence-electron chi connectivity index (χ2n) is 5.22. The zero-order valence-corrected chi connectivity index (χ0v) is 14.5. The molecule has 2 rings (SSSR count). The van der Waals surface area contributed by atoms with Gasteiger partial charge in [-0.15, -0.1) is 0 Å². The summed E-state index contributed by atoms with van der Waals surface area (Å²) in [7, 11) is 5.83. The predicted octanol–water partition coefficient (Wildman–Crippen LogP) is 2.76. The number of nitrogens with zero attached hydrogens (tertiary/aromatic N) is 3. The van der Waals surface area contributed by atoms with Crippen molar-refractivity contribution in [3.8, 4) is 5.75 Å². The minimum Gasteiger partial charge on any atom is -0.490 e. The fourth-order valence-corrected chi connectivity index (χ4v) is 2.44. The van der Waals surface area contributed by atoms with E-state index in [0.717, 1.165) is 12.5 Å². The van der Waals surface area contributed by atoms with Crippen molar-refractivity contribution in [2.75, 3.05) is 27.2 Å². The average molecular weight is 335 g/mol. The van der Waals surface area contributed by atoms with Crippen LogP contribution in [0.2, 0.25) is 5.02 Å². The van der Waals surface area contributed by atoms with E-state index in [1.165, 1.54) is 5.69 Å². The fraction of sp³-hybridized carbons (Fsp3) is 0.353. The Hall–Kier alpha value is -2.14. The maximum Gasteiger partial charge on any atom is 0.193 e. The van der Waals surface area contributed by atoms with E-state index in [-0.39, 0.29) is 0 Å². The van der Waals surface area contributed by atoms with E-state index in [1.54, 1.807) is 7.05 Å². The van der Waals surface area contributed by atoms with Gasteiger partial charge in [-0.2, -0.15) is 0 Å². The highest BCUT2D eigenvalue weighted by Crippen LogP contribution is 2.22. The maximum absolute atomic E-state index is 6.06. The quantitative estimate of drug-likeness (QED) is 0.502. The van der Waals surface area contributed by atoms with Crippen LogP contribution in [0.15, 0.2) is 47.6 Å². The van der Waals surface area contributed by atoms with Gasteiger partial charge in [-0.05, 0) is 24.3 Å². The van der Waals surface area contributed by atoms with Gasteiger partial charge in [0, 0.05) is 33.0 Å². The number of rotatable bonds is 6. The molecule has 6 heteroatoms. The van der Waals surface area contributed by atoms with Crippen LogP contribution in [0.5, 0.6) is 5.75 Å². The van der Waals surface area contributed by atoms with Crippen LogP contribution in [0.4, 0.5) is 0 Å². The zero-order chi connectivity index (χ0) is 16.7. The standard InChI is InChI=1S/C17H23ClN4O/c1-19-17(22(3)13-14-7-6-11-21(14)2)20-10-12-23-16-9-5-4-8-15(16)18/h4-9,11H,10,12-13H2,1-3H3,(H,19,20). The second-order valence-corrected chi connectivity index (χ2v) is 5.63. The highest BCUT2D eigenvalue weighted by Gasteiger charge is 2.08. The summed E-state index contributed by atoms with van der Waals surface area (Å²) < 4.78 is 7.77. The van der Waals surface area contributed by atoms with Crippen LogP contribution in [0, 0.1) is 0 Å². The minimum absolute atomic E-state index is 0.515. The lowest BCUT2D eigenvalue weighted by Crippen LogP contribution is -2.40. The predicted molar refractivity (Wildman–Crippen MR) is 95.2 cm³/mol. The van der Waals surface area contributed by atoms with Crippen LogP contribution in [0.25, 0.3) is 0 Å². The van der Waals surface area contributed by atoms with Crippen LogP contribution < -0.4 is 10.1 Å². The van der Waals surface area contributed by atoms with Gasteiger partial charge >= 0.3 is 0 Å². The van der Waals surface area contributed by atoms with Crippen LogP contribution in [-0.4, -0.2) is 42.7 Å². The summed E-state index contributed by atoms with van der Waals surface area (Å²) in [4.78, 5) is 6.38. The van der Waals surface area contributed by atoms with E-state index in [2.05, 4.69) is 25.8 Å². The van der Waals surface area contributed by atoms with Gasteiger partial charge in [0.25, 0.3) is 0 Å². The van der Waals surface area contributed by atoms with E-state index >= 15 is 0 Å². The Labute approximate surface area is 142 Å². The normalized spacial score (nSPS) is 11.4. The molecule has 0 unspecified atom stereocenters. The third-order valence-corrected chi connectivity index (χ3v) is 3.82. The van der Waals surface area contributed by atoms with Gasteiger partial charge in [0.1, 0.15) is 12.4 Å². The molecule has 0 aliphatic heterocycles. The fourth-order valence-electron chi connectivity index (χ4n) is 2.25. The average Bonchev–Trinajstić information content (AvgIpc) is 2.94. The molecular formula is C17H23ClN4O. The van der Waals surface area contributed by atoms with Gasteiger partial charge in [0.15, 0.2) is 5.96 Å². The summed E-state index contributed by atoms with van der Waals surface area (Å²) in [6.45, 7) is 1.95. The molecule has 0 aliphatic carbocycles. The molecule has 0 saturated carbocycles. The highest BCUT2D eigenvalue weighted by molar-refractivity contribution is 6.32. The molecule has 1 N–H and O–H groups in total. The summed E-state index contributed by atoms with van der Waals surface area (Å²) in [5, 5.41) is 3.91. The van der Waals surface area contributed by atoms with E-state index < -0.39 is 0 Å². The van der Waals surface area contributed by atoms with Crippen molar-refractivity contribution in [3.05, 3.63) is 53.3 Å². The molecule has 0 radical (unpaired) electrons. The first-order valence-electron chi connectivity index (χ1n) is 7.51. The molecule has 1 heterocycles. The summed E-state index contributed by atoms with van der Waals surface area (Å²) in [5.74, 6) is 1.53. The topological polar surface area (TPSA) is 41.8 Å². The first-order chi connectivity index (χ1) is 11.1. The Bertz CT molecular complexity index is 654. The minimum atomic E-state index is 0.515. The van der Waals surface area contributed by atoms with Gasteiger partial charge < -0.3 is 19.5 Å². The Morgan fingerprint density at radius 2 is 2.09 bits per heavy atom. The molecule has 124 valence electrons. The number of hydrogen-bond acceptors (Lipinski definition) is 2. The lowest BCUT2D eigenvalue weighted by molar-refractivity contribution is 0.319. The number of ether oxygens (including phenoxy) is 1. The molecule has 0 aliphatic rings. The monoisotopic (exact) mass is 334 g/mol. The second kappa shape index (κ2) is 8.48. The number of halogens is 1. The molecule has 1 aromatic carbocycles. The molecule has 0 amide bonds. The molecule has 5 nitrogen and oxygen atoms in total. The molecule has 0 spiro atoms. The maximum atomic E-state index is 6.06. The lowest BCUT2D eigenvalue weighted by atomic mass is 10.3. The number of aryl methyl sites for hydroxylation is 1. The van der Waals surface area contributed by atoms with E-state index in [1.807, 2.05) is 50.6 Å². The van der Waals surface area contributed by atoms with E-state index in [0.29, 0.717) is 23.9 Å². The lowest BCUT2D eigenvalue weighted by Gasteiger charge is -2.22. The molecule has 2 aromatic rings. The summed E-state index contributed by atoms with van der Waals surface area (Å²) in [6, 6.07) is 11.6. The van der Waals surface area contributed by atoms with Crippen molar-refractivity contribution in [2.45, 2.75) is 6.54 Å². The van der Waals surface area contributed by atoms with E-state index in [4.69, 9.17) is 16.3 Å².